The van der Waals surface area contributed by atoms with Gasteiger partial charge in [-0.05, 0) is 54.2 Å². The Morgan fingerprint density at radius 3 is 2.46 bits per heavy atom. The van der Waals surface area contributed by atoms with Gasteiger partial charge in [-0.25, -0.2) is 0 Å². The van der Waals surface area contributed by atoms with Crippen LogP contribution in [0.5, 0.6) is 0 Å². The molecule has 1 saturated carbocycles. The second-order valence-corrected chi connectivity index (χ2v) is 7.61. The van der Waals surface area contributed by atoms with Gasteiger partial charge in [0.05, 0.1) is 5.92 Å². The van der Waals surface area contributed by atoms with Crippen molar-refractivity contribution in [2.24, 2.45) is 5.92 Å². The van der Waals surface area contributed by atoms with E-state index in [9.17, 15) is 18.0 Å². The normalized spacial score (nSPS) is 15.6. The van der Waals surface area contributed by atoms with Gasteiger partial charge in [-0.3, -0.25) is 4.79 Å². The molecule has 1 fully saturated rings. The Balaban J connectivity index is 1.70. The zero-order chi connectivity index (χ0) is 20.3. The average molecular weight is 408 g/mol. The molecule has 0 bridgehead atoms. The summed E-state index contributed by atoms with van der Waals surface area (Å²) >= 11 is 5.93. The summed E-state index contributed by atoms with van der Waals surface area (Å²) in [7, 11) is 0. The number of carbonyl (C=O) groups is 1. The molecule has 2 aromatic rings. The molecule has 1 aliphatic rings. The van der Waals surface area contributed by atoms with Gasteiger partial charge in [0.15, 0.2) is 0 Å². The smallest absolute Gasteiger partial charge is 0.352 e. The van der Waals surface area contributed by atoms with Gasteiger partial charge in [-0.1, -0.05) is 54.1 Å². The van der Waals surface area contributed by atoms with E-state index in [1.807, 2.05) is 0 Å². The lowest BCUT2D eigenvalue weighted by Gasteiger charge is -2.18. The first-order valence-electron chi connectivity index (χ1n) is 9.11. The maximum atomic E-state index is 13.5. The summed E-state index contributed by atoms with van der Waals surface area (Å²) in [6.07, 6.45) is 0.0841. The molecule has 0 spiro atoms. The Kier molecular flexibility index (Phi) is 6.14. The number of rotatable bonds is 6. The molecule has 1 N–H and O–H groups in total. The van der Waals surface area contributed by atoms with Gasteiger partial charge >= 0.3 is 6.18 Å². The van der Waals surface area contributed by atoms with Gasteiger partial charge in [0.1, 0.15) is 0 Å². The summed E-state index contributed by atoms with van der Waals surface area (Å²) < 4.78 is 40.6. The van der Waals surface area contributed by atoms with Crippen molar-refractivity contribution in [3.63, 3.8) is 0 Å². The molecule has 6 heteroatoms. The predicted molar refractivity (Wildman–Crippen MR) is 105 cm³/mol. The lowest BCUT2D eigenvalue weighted by molar-refractivity contribution is -0.139. The number of hydrogen-bond donors (Lipinski definition) is 1. The first kappa shape index (κ1) is 20.5. The number of hydrogen-bond acceptors (Lipinski definition) is 1. The zero-order valence-corrected chi connectivity index (χ0v) is 16.1. The van der Waals surface area contributed by atoms with E-state index >= 15 is 0 Å². The second-order valence-electron chi connectivity index (χ2n) is 7.17. The topological polar surface area (TPSA) is 29.1 Å². The quantitative estimate of drug-likeness (QED) is 0.622. The highest BCUT2D eigenvalue weighted by molar-refractivity contribution is 6.30. The molecule has 1 unspecified atom stereocenters. The van der Waals surface area contributed by atoms with E-state index in [1.54, 1.807) is 37.3 Å². The highest BCUT2D eigenvalue weighted by Gasteiger charge is 2.39. The van der Waals surface area contributed by atoms with Crippen LogP contribution in [0.3, 0.4) is 0 Å². The van der Waals surface area contributed by atoms with E-state index in [2.05, 4.69) is 5.32 Å². The van der Waals surface area contributed by atoms with Gasteiger partial charge in [0.25, 0.3) is 0 Å². The van der Waals surface area contributed by atoms with Crippen LogP contribution in [0.25, 0.3) is 6.08 Å². The molecule has 0 aliphatic heterocycles. The van der Waals surface area contributed by atoms with E-state index in [4.69, 9.17) is 11.6 Å². The Hall–Kier alpha value is -2.27. The number of halogens is 4. The number of nitrogens with one attached hydrogen (secondary N) is 1. The van der Waals surface area contributed by atoms with Crippen molar-refractivity contribution in [2.75, 3.05) is 0 Å². The van der Waals surface area contributed by atoms with Gasteiger partial charge in [0.2, 0.25) is 5.91 Å². The first-order valence-corrected chi connectivity index (χ1v) is 9.49. The molecule has 0 aromatic heterocycles. The minimum atomic E-state index is -4.42. The van der Waals surface area contributed by atoms with Crippen LogP contribution in [-0.4, -0.2) is 12.1 Å². The number of carbonyl (C=O) groups excluding carboxylic acids is 1. The summed E-state index contributed by atoms with van der Waals surface area (Å²) in [5.74, 6) is -1.52. The number of alkyl halides is 3. The molecular formula is C22H21ClF3NO. The summed E-state index contributed by atoms with van der Waals surface area (Å²) in [6.45, 7) is 2.14. The molecular weight excluding hydrogens is 387 g/mol. The Morgan fingerprint density at radius 1 is 1.21 bits per heavy atom. The standard InChI is InChI=1S/C22H21ClF3NO/c1-14-10-18(12-19(23)11-14)20(22(24,25)26)9-6-15-2-4-16(5-3-15)13-27-21(28)17-7-8-17/h2-6,9-12,17,20H,7-8,13H2,1H3,(H,27,28)/b9-6+. The Bertz CT molecular complexity index is 850. The molecule has 0 saturated heterocycles. The Labute approximate surface area is 167 Å². The third-order valence-corrected chi connectivity index (χ3v) is 4.87. The zero-order valence-electron chi connectivity index (χ0n) is 15.4. The minimum Gasteiger partial charge on any atom is -0.352 e. The molecule has 0 heterocycles. The van der Waals surface area contributed by atoms with Crippen molar-refractivity contribution in [3.8, 4) is 0 Å². The van der Waals surface area contributed by atoms with Crippen molar-refractivity contribution < 1.29 is 18.0 Å². The van der Waals surface area contributed by atoms with Crippen LogP contribution in [0.4, 0.5) is 13.2 Å². The predicted octanol–water partition coefficient (Wildman–Crippen LogP) is 6.03. The van der Waals surface area contributed by atoms with Crippen molar-refractivity contribution >= 4 is 23.6 Å². The molecule has 1 aliphatic carbocycles. The van der Waals surface area contributed by atoms with Gasteiger partial charge in [-0.15, -0.1) is 0 Å². The van der Waals surface area contributed by atoms with Crippen LogP contribution >= 0.6 is 11.6 Å². The van der Waals surface area contributed by atoms with Crippen molar-refractivity contribution in [1.82, 2.24) is 5.32 Å². The number of amides is 1. The fourth-order valence-corrected chi connectivity index (χ4v) is 3.28. The van der Waals surface area contributed by atoms with E-state index < -0.39 is 12.1 Å². The molecule has 28 heavy (non-hydrogen) atoms. The summed E-state index contributed by atoms with van der Waals surface area (Å²) in [4.78, 5) is 11.7. The summed E-state index contributed by atoms with van der Waals surface area (Å²) in [6, 6.07) is 11.6. The third kappa shape index (κ3) is 5.61. The van der Waals surface area contributed by atoms with Crippen molar-refractivity contribution in [2.45, 2.75) is 38.4 Å². The SMILES string of the molecule is Cc1cc(Cl)cc(C(/C=C/c2ccc(CNC(=O)C3CC3)cc2)C(F)(F)F)c1. The maximum absolute atomic E-state index is 13.5. The van der Waals surface area contributed by atoms with Gasteiger partial charge < -0.3 is 5.32 Å². The lowest BCUT2D eigenvalue weighted by atomic mass is 9.95. The fourth-order valence-electron chi connectivity index (χ4n) is 2.99. The van der Waals surface area contributed by atoms with Crippen LogP contribution in [-0.2, 0) is 11.3 Å². The van der Waals surface area contributed by atoms with Crippen LogP contribution in [0.15, 0.2) is 48.5 Å². The Morgan fingerprint density at radius 2 is 1.89 bits per heavy atom. The van der Waals surface area contributed by atoms with Crippen LogP contribution in [0.2, 0.25) is 5.02 Å². The highest BCUT2D eigenvalue weighted by atomic mass is 35.5. The average Bonchev–Trinajstić information content (AvgIpc) is 3.44. The number of allylic oxidation sites excluding steroid dienone is 1. The van der Waals surface area contributed by atoms with E-state index in [1.165, 1.54) is 18.2 Å². The first-order chi connectivity index (χ1) is 13.2. The second kappa shape index (κ2) is 8.39. The van der Waals surface area contributed by atoms with Gasteiger partial charge in [-0.2, -0.15) is 13.2 Å². The number of benzene rings is 2. The van der Waals surface area contributed by atoms with Crippen molar-refractivity contribution in [1.29, 1.82) is 0 Å². The van der Waals surface area contributed by atoms with Gasteiger partial charge in [0, 0.05) is 17.5 Å². The van der Waals surface area contributed by atoms with Crippen LogP contribution in [0.1, 0.15) is 41.0 Å². The molecule has 2 aromatic carbocycles. The van der Waals surface area contributed by atoms with Crippen molar-refractivity contribution in [3.05, 3.63) is 75.8 Å². The number of aryl methyl sites for hydroxylation is 1. The monoisotopic (exact) mass is 407 g/mol. The lowest BCUT2D eigenvalue weighted by Crippen LogP contribution is -2.24. The van der Waals surface area contributed by atoms with E-state index in [0.29, 0.717) is 17.7 Å². The molecule has 148 valence electrons. The van der Waals surface area contributed by atoms with Crippen LogP contribution < -0.4 is 5.32 Å². The fraction of sp³-hybridized carbons (Fsp3) is 0.318. The summed E-state index contributed by atoms with van der Waals surface area (Å²) in [5.41, 5.74) is 2.37. The van der Waals surface area contributed by atoms with E-state index in [0.717, 1.165) is 24.5 Å². The van der Waals surface area contributed by atoms with E-state index in [-0.39, 0.29) is 22.4 Å². The maximum Gasteiger partial charge on any atom is 0.399 e. The third-order valence-electron chi connectivity index (χ3n) is 4.65. The summed E-state index contributed by atoms with van der Waals surface area (Å²) in [5, 5.41) is 3.15. The highest BCUT2D eigenvalue weighted by Crippen LogP contribution is 2.37. The molecule has 1 amide bonds. The molecule has 1 atom stereocenters. The molecule has 3 rings (SSSR count). The molecule has 0 radical (unpaired) electrons. The minimum absolute atomic E-state index is 0.0637. The molecule has 2 nitrogen and oxygen atoms in total. The van der Waals surface area contributed by atoms with Crippen LogP contribution in [0, 0.1) is 12.8 Å². The largest absolute Gasteiger partial charge is 0.399 e.